The second kappa shape index (κ2) is 3.14. The molecule has 4 saturated carbocycles. The Morgan fingerprint density at radius 3 is 1.44 bits per heavy atom. The zero-order chi connectivity index (χ0) is 10.7. The van der Waals surface area contributed by atoms with Gasteiger partial charge in [-0.15, -0.1) is 0 Å². The first-order chi connectivity index (χ1) is 7.78. The van der Waals surface area contributed by atoms with E-state index in [9.17, 15) is 4.79 Å². The Labute approximate surface area is 95.5 Å². The van der Waals surface area contributed by atoms with E-state index >= 15 is 0 Å². The van der Waals surface area contributed by atoms with Crippen molar-refractivity contribution in [1.82, 2.24) is 0 Å². The summed E-state index contributed by atoms with van der Waals surface area (Å²) in [4.78, 5) is 11.6. The van der Waals surface area contributed by atoms with Gasteiger partial charge in [-0.05, 0) is 62.2 Å². The average Bonchev–Trinajstić information content (AvgIpc) is 3.05. The standard InChI is InChI=1S/C13H18O3/c14-13(15-11-3-7-1-8(7)4-11)16-12-5-9-2-10(9)6-12/h7-12H,1-6H2/t7-,8+,9-,10+,11?,12?. The van der Waals surface area contributed by atoms with Crippen molar-refractivity contribution in [3.63, 3.8) is 0 Å². The first-order valence-electron chi connectivity index (χ1n) is 6.65. The largest absolute Gasteiger partial charge is 0.508 e. The van der Waals surface area contributed by atoms with Gasteiger partial charge in [0.25, 0.3) is 0 Å². The van der Waals surface area contributed by atoms with Crippen LogP contribution in [0.3, 0.4) is 0 Å². The van der Waals surface area contributed by atoms with E-state index in [0.717, 1.165) is 49.4 Å². The molecule has 0 aromatic carbocycles. The van der Waals surface area contributed by atoms with Gasteiger partial charge in [0.15, 0.2) is 0 Å². The van der Waals surface area contributed by atoms with Crippen molar-refractivity contribution in [2.24, 2.45) is 23.7 Å². The molecule has 0 aromatic rings. The van der Waals surface area contributed by atoms with Crippen LogP contribution in [-0.2, 0) is 9.47 Å². The Kier molecular flexibility index (Phi) is 1.83. The summed E-state index contributed by atoms with van der Waals surface area (Å²) < 4.78 is 10.7. The van der Waals surface area contributed by atoms with Gasteiger partial charge in [0.05, 0.1) is 0 Å². The lowest BCUT2D eigenvalue weighted by Crippen LogP contribution is -2.22. The van der Waals surface area contributed by atoms with Gasteiger partial charge < -0.3 is 9.47 Å². The van der Waals surface area contributed by atoms with E-state index in [4.69, 9.17) is 9.47 Å². The number of fused-ring (bicyclic) bond motifs is 2. The van der Waals surface area contributed by atoms with Gasteiger partial charge in [-0.25, -0.2) is 4.79 Å². The highest BCUT2D eigenvalue weighted by Gasteiger charge is 2.49. The van der Waals surface area contributed by atoms with Crippen LogP contribution in [0.4, 0.5) is 4.79 Å². The molecule has 0 aliphatic heterocycles. The zero-order valence-corrected chi connectivity index (χ0v) is 9.43. The van der Waals surface area contributed by atoms with Crippen LogP contribution in [0.1, 0.15) is 38.5 Å². The molecule has 0 saturated heterocycles. The summed E-state index contributed by atoms with van der Waals surface area (Å²) in [5.41, 5.74) is 0. The summed E-state index contributed by atoms with van der Waals surface area (Å²) in [6.45, 7) is 0. The van der Waals surface area contributed by atoms with Crippen molar-refractivity contribution in [3.05, 3.63) is 0 Å². The van der Waals surface area contributed by atoms with E-state index in [-0.39, 0.29) is 12.2 Å². The van der Waals surface area contributed by atoms with Crippen LogP contribution >= 0.6 is 0 Å². The van der Waals surface area contributed by atoms with Crippen molar-refractivity contribution in [3.8, 4) is 0 Å². The maximum Gasteiger partial charge on any atom is 0.508 e. The van der Waals surface area contributed by atoms with Crippen molar-refractivity contribution < 1.29 is 14.3 Å². The average molecular weight is 222 g/mol. The monoisotopic (exact) mass is 222 g/mol. The first kappa shape index (κ1) is 9.32. The molecule has 16 heavy (non-hydrogen) atoms. The van der Waals surface area contributed by atoms with Gasteiger partial charge >= 0.3 is 6.16 Å². The Morgan fingerprint density at radius 1 is 0.688 bits per heavy atom. The minimum atomic E-state index is -0.405. The Morgan fingerprint density at radius 2 is 1.06 bits per heavy atom. The zero-order valence-electron chi connectivity index (χ0n) is 9.43. The van der Waals surface area contributed by atoms with E-state index in [1.807, 2.05) is 0 Å². The molecule has 4 rings (SSSR count). The highest BCUT2D eigenvalue weighted by molar-refractivity contribution is 5.60. The van der Waals surface area contributed by atoms with Crippen LogP contribution in [0, 0.1) is 23.7 Å². The summed E-state index contributed by atoms with van der Waals surface area (Å²) in [5.74, 6) is 3.43. The molecule has 0 aromatic heterocycles. The summed E-state index contributed by atoms with van der Waals surface area (Å²) in [6.07, 6.45) is 6.95. The maximum atomic E-state index is 11.6. The third-order valence-corrected chi connectivity index (χ3v) is 4.93. The van der Waals surface area contributed by atoms with Gasteiger partial charge in [-0.2, -0.15) is 0 Å². The lowest BCUT2D eigenvalue weighted by molar-refractivity contribution is -0.00372. The molecule has 4 fully saturated rings. The number of carbonyl (C=O) groups excluding carboxylic acids is 1. The highest BCUT2D eigenvalue weighted by Crippen LogP contribution is 2.53. The van der Waals surface area contributed by atoms with Gasteiger partial charge in [0.1, 0.15) is 12.2 Å². The molecule has 0 spiro atoms. The van der Waals surface area contributed by atoms with E-state index in [2.05, 4.69) is 0 Å². The number of ether oxygens (including phenoxy) is 2. The number of hydrogen-bond acceptors (Lipinski definition) is 3. The molecule has 0 bridgehead atoms. The summed E-state index contributed by atoms with van der Waals surface area (Å²) in [7, 11) is 0. The second-order valence-electron chi connectivity index (χ2n) is 6.18. The highest BCUT2D eigenvalue weighted by atomic mass is 16.7. The molecule has 4 aliphatic carbocycles. The third-order valence-electron chi connectivity index (χ3n) is 4.93. The topological polar surface area (TPSA) is 35.5 Å². The van der Waals surface area contributed by atoms with Crippen LogP contribution in [0.25, 0.3) is 0 Å². The fourth-order valence-electron chi connectivity index (χ4n) is 3.81. The molecule has 3 heteroatoms. The van der Waals surface area contributed by atoms with Gasteiger partial charge in [0, 0.05) is 0 Å². The summed E-state index contributed by atoms with van der Waals surface area (Å²) in [6, 6.07) is 0. The van der Waals surface area contributed by atoms with E-state index < -0.39 is 6.16 Å². The molecule has 2 unspecified atom stereocenters. The summed E-state index contributed by atoms with van der Waals surface area (Å²) >= 11 is 0. The molecule has 3 nitrogen and oxygen atoms in total. The van der Waals surface area contributed by atoms with Gasteiger partial charge in [0.2, 0.25) is 0 Å². The third kappa shape index (κ3) is 1.61. The van der Waals surface area contributed by atoms with Gasteiger partial charge in [-0.1, -0.05) is 0 Å². The molecule has 0 heterocycles. The van der Waals surface area contributed by atoms with E-state index in [1.165, 1.54) is 12.8 Å². The molecule has 0 N–H and O–H groups in total. The Bertz CT molecular complexity index is 277. The van der Waals surface area contributed by atoms with Crippen LogP contribution in [0.15, 0.2) is 0 Å². The lowest BCUT2D eigenvalue weighted by Gasteiger charge is -2.17. The molecule has 6 atom stereocenters. The van der Waals surface area contributed by atoms with Crippen molar-refractivity contribution in [1.29, 1.82) is 0 Å². The molecular weight excluding hydrogens is 204 g/mol. The van der Waals surface area contributed by atoms with Crippen molar-refractivity contribution in [2.75, 3.05) is 0 Å². The van der Waals surface area contributed by atoms with Crippen molar-refractivity contribution in [2.45, 2.75) is 50.7 Å². The number of hydrogen-bond donors (Lipinski definition) is 0. The molecule has 0 amide bonds. The SMILES string of the molecule is O=C(OC1C[C@@H]2C[C@@H]2C1)OC1C[C@@H]2C[C@@H]2C1. The molecular formula is C13H18O3. The van der Waals surface area contributed by atoms with Crippen molar-refractivity contribution >= 4 is 6.16 Å². The number of carbonyl (C=O) groups is 1. The Hall–Kier alpha value is -0.730. The lowest BCUT2D eigenvalue weighted by atomic mass is 10.2. The fraction of sp³-hybridized carbons (Fsp3) is 0.923. The normalized spacial score (nSPS) is 51.8. The molecule has 4 aliphatic rings. The Balaban J connectivity index is 1.23. The number of rotatable bonds is 2. The first-order valence-corrected chi connectivity index (χ1v) is 6.65. The molecule has 88 valence electrons. The van der Waals surface area contributed by atoms with Crippen LogP contribution < -0.4 is 0 Å². The van der Waals surface area contributed by atoms with E-state index in [0.29, 0.717) is 0 Å². The van der Waals surface area contributed by atoms with E-state index in [1.54, 1.807) is 0 Å². The minimum absolute atomic E-state index is 0.159. The smallest absolute Gasteiger partial charge is 0.431 e. The van der Waals surface area contributed by atoms with Crippen LogP contribution in [0.2, 0.25) is 0 Å². The van der Waals surface area contributed by atoms with Gasteiger partial charge in [-0.3, -0.25) is 0 Å². The predicted molar refractivity (Wildman–Crippen MR) is 56.8 cm³/mol. The minimum Gasteiger partial charge on any atom is -0.431 e. The second-order valence-corrected chi connectivity index (χ2v) is 6.18. The molecule has 0 radical (unpaired) electrons. The predicted octanol–water partition coefficient (Wildman–Crippen LogP) is 2.74. The summed E-state index contributed by atoms with van der Waals surface area (Å²) in [5, 5.41) is 0. The van der Waals surface area contributed by atoms with Crippen LogP contribution in [0.5, 0.6) is 0 Å². The quantitative estimate of drug-likeness (QED) is 0.674. The maximum absolute atomic E-state index is 11.6. The fourth-order valence-corrected chi connectivity index (χ4v) is 3.81. The van der Waals surface area contributed by atoms with Crippen LogP contribution in [-0.4, -0.2) is 18.4 Å².